The summed E-state index contributed by atoms with van der Waals surface area (Å²) in [5.74, 6) is 0.966. The number of hydrogen-bond acceptors (Lipinski definition) is 5. The number of rotatable bonds is 3. The molecule has 16 heavy (non-hydrogen) atoms. The Hall–Kier alpha value is -1.31. The minimum atomic E-state index is -3.65. The largest absolute Gasteiger partial charge is 0.486 e. The van der Waals surface area contributed by atoms with Gasteiger partial charge in [0, 0.05) is 6.07 Å². The van der Waals surface area contributed by atoms with Crippen molar-refractivity contribution in [1.29, 1.82) is 0 Å². The molecule has 0 fully saturated rings. The number of nitrogens with one attached hydrogen (secondary N) is 1. The molecule has 0 bridgehead atoms. The van der Waals surface area contributed by atoms with Gasteiger partial charge in [-0.1, -0.05) is 4.89 Å². The second kappa shape index (κ2) is 4.28. The summed E-state index contributed by atoms with van der Waals surface area (Å²) in [4.78, 5) is 6.38. The molecule has 0 aromatic heterocycles. The van der Waals surface area contributed by atoms with Gasteiger partial charge in [0.05, 0.1) is 12.0 Å². The molecule has 0 aliphatic carbocycles. The molecular formula is C9H11NO5S. The second-order valence-electron chi connectivity index (χ2n) is 3.10. The van der Waals surface area contributed by atoms with E-state index in [9.17, 15) is 8.42 Å². The quantitative estimate of drug-likeness (QED) is 0.775. The van der Waals surface area contributed by atoms with Crippen LogP contribution < -0.4 is 14.4 Å². The van der Waals surface area contributed by atoms with Crippen molar-refractivity contribution in [3.63, 3.8) is 0 Å². The number of fused-ring (bicyclic) bond motifs is 1. The fourth-order valence-electron chi connectivity index (χ4n) is 1.35. The van der Waals surface area contributed by atoms with Gasteiger partial charge >= 0.3 is 0 Å². The highest BCUT2D eigenvalue weighted by molar-refractivity contribution is 7.89. The van der Waals surface area contributed by atoms with Crippen molar-refractivity contribution >= 4 is 10.0 Å². The molecule has 1 aliphatic heterocycles. The minimum Gasteiger partial charge on any atom is -0.486 e. The van der Waals surface area contributed by atoms with E-state index in [-0.39, 0.29) is 4.90 Å². The van der Waals surface area contributed by atoms with Crippen molar-refractivity contribution in [2.45, 2.75) is 4.90 Å². The molecule has 7 heteroatoms. The van der Waals surface area contributed by atoms with Crippen molar-refractivity contribution in [3.8, 4) is 11.5 Å². The molecule has 0 atom stereocenters. The highest BCUT2D eigenvalue weighted by Crippen LogP contribution is 2.31. The van der Waals surface area contributed by atoms with Gasteiger partial charge in [0.1, 0.15) is 13.2 Å². The maximum absolute atomic E-state index is 11.6. The zero-order valence-corrected chi connectivity index (χ0v) is 9.41. The van der Waals surface area contributed by atoms with Crippen LogP contribution in [0.1, 0.15) is 0 Å². The van der Waals surface area contributed by atoms with E-state index in [0.29, 0.717) is 24.7 Å². The standard InChI is InChI=1S/C9H11NO5S/c1-13-10-16(11,12)7-2-3-8-9(6-7)15-5-4-14-8/h2-3,6,10H,4-5H2,1H3. The van der Waals surface area contributed by atoms with E-state index >= 15 is 0 Å². The summed E-state index contributed by atoms with van der Waals surface area (Å²) in [5.41, 5.74) is 0. The molecule has 0 spiro atoms. The van der Waals surface area contributed by atoms with Gasteiger partial charge in [0.25, 0.3) is 10.0 Å². The van der Waals surface area contributed by atoms with Crippen molar-refractivity contribution in [2.75, 3.05) is 20.3 Å². The first-order valence-electron chi connectivity index (χ1n) is 4.58. The van der Waals surface area contributed by atoms with Crippen LogP contribution in [0.5, 0.6) is 11.5 Å². The molecular weight excluding hydrogens is 234 g/mol. The maximum atomic E-state index is 11.6. The normalized spacial score (nSPS) is 14.8. The average Bonchev–Trinajstić information content (AvgIpc) is 2.28. The molecule has 0 saturated carbocycles. The van der Waals surface area contributed by atoms with Crippen LogP contribution in [-0.4, -0.2) is 28.7 Å². The molecule has 0 radical (unpaired) electrons. The molecule has 1 aliphatic rings. The lowest BCUT2D eigenvalue weighted by atomic mass is 10.3. The molecule has 0 unspecified atom stereocenters. The van der Waals surface area contributed by atoms with E-state index in [4.69, 9.17) is 9.47 Å². The first kappa shape index (κ1) is 11.2. The summed E-state index contributed by atoms with van der Waals surface area (Å²) in [6, 6.07) is 4.38. The molecule has 2 rings (SSSR count). The van der Waals surface area contributed by atoms with E-state index in [1.165, 1.54) is 19.2 Å². The van der Waals surface area contributed by atoms with Crippen LogP contribution in [0.3, 0.4) is 0 Å². The Balaban J connectivity index is 2.37. The van der Waals surface area contributed by atoms with Gasteiger partial charge in [-0.2, -0.15) is 0 Å². The number of benzene rings is 1. The monoisotopic (exact) mass is 245 g/mol. The highest BCUT2D eigenvalue weighted by Gasteiger charge is 2.18. The zero-order valence-electron chi connectivity index (χ0n) is 8.60. The SMILES string of the molecule is CONS(=O)(=O)c1ccc2c(c1)OCCO2. The highest BCUT2D eigenvalue weighted by atomic mass is 32.2. The predicted octanol–water partition coefficient (Wildman–Crippen LogP) is 0.297. The Morgan fingerprint density at radius 1 is 1.25 bits per heavy atom. The Bertz CT molecular complexity index is 485. The summed E-state index contributed by atoms with van der Waals surface area (Å²) in [5, 5.41) is 0. The Kier molecular flexibility index (Phi) is 2.99. The van der Waals surface area contributed by atoms with Crippen LogP contribution in [0.2, 0.25) is 0 Å². The van der Waals surface area contributed by atoms with E-state index in [1.54, 1.807) is 6.07 Å². The lowest BCUT2D eigenvalue weighted by Crippen LogP contribution is -2.23. The number of ether oxygens (including phenoxy) is 2. The van der Waals surface area contributed by atoms with Crippen LogP contribution in [0.15, 0.2) is 23.1 Å². The third kappa shape index (κ3) is 2.11. The third-order valence-electron chi connectivity index (χ3n) is 2.02. The van der Waals surface area contributed by atoms with Crippen LogP contribution in [0.4, 0.5) is 0 Å². The maximum Gasteiger partial charge on any atom is 0.262 e. The van der Waals surface area contributed by atoms with E-state index in [0.717, 1.165) is 0 Å². The van der Waals surface area contributed by atoms with Crippen molar-refractivity contribution in [1.82, 2.24) is 4.89 Å². The van der Waals surface area contributed by atoms with Crippen LogP contribution in [-0.2, 0) is 14.9 Å². The Morgan fingerprint density at radius 2 is 1.94 bits per heavy atom. The summed E-state index contributed by atoms with van der Waals surface area (Å²) in [6.45, 7) is 0.879. The summed E-state index contributed by atoms with van der Waals surface area (Å²) in [7, 11) is -2.42. The lowest BCUT2D eigenvalue weighted by Gasteiger charge is -2.18. The van der Waals surface area contributed by atoms with Crippen molar-refractivity contribution in [2.24, 2.45) is 0 Å². The molecule has 1 aromatic rings. The van der Waals surface area contributed by atoms with Gasteiger partial charge in [-0.05, 0) is 12.1 Å². The summed E-state index contributed by atoms with van der Waals surface area (Å²) >= 11 is 0. The van der Waals surface area contributed by atoms with Gasteiger partial charge in [-0.25, -0.2) is 8.42 Å². The number of hydrogen-bond donors (Lipinski definition) is 1. The average molecular weight is 245 g/mol. The summed E-state index contributed by atoms with van der Waals surface area (Å²) in [6.07, 6.45) is 0. The molecule has 1 N–H and O–H groups in total. The van der Waals surface area contributed by atoms with Crippen molar-refractivity contribution < 1.29 is 22.7 Å². The van der Waals surface area contributed by atoms with Crippen LogP contribution in [0, 0.1) is 0 Å². The lowest BCUT2D eigenvalue weighted by molar-refractivity contribution is 0.153. The third-order valence-corrected chi connectivity index (χ3v) is 3.28. The van der Waals surface area contributed by atoms with Gasteiger partial charge in [0.15, 0.2) is 11.5 Å². The van der Waals surface area contributed by atoms with Crippen molar-refractivity contribution in [3.05, 3.63) is 18.2 Å². The molecule has 1 heterocycles. The molecule has 88 valence electrons. The van der Waals surface area contributed by atoms with Gasteiger partial charge in [-0.15, -0.1) is 0 Å². The topological polar surface area (TPSA) is 73.9 Å². The first-order chi connectivity index (χ1) is 7.63. The van der Waals surface area contributed by atoms with Crippen LogP contribution >= 0.6 is 0 Å². The smallest absolute Gasteiger partial charge is 0.262 e. The fraction of sp³-hybridized carbons (Fsp3) is 0.333. The van der Waals surface area contributed by atoms with E-state index in [1.807, 2.05) is 4.89 Å². The Morgan fingerprint density at radius 3 is 2.62 bits per heavy atom. The minimum absolute atomic E-state index is 0.0681. The molecule has 0 saturated heterocycles. The molecule has 6 nitrogen and oxygen atoms in total. The second-order valence-corrected chi connectivity index (χ2v) is 4.74. The van der Waals surface area contributed by atoms with E-state index < -0.39 is 10.0 Å². The zero-order chi connectivity index (χ0) is 11.6. The fourth-order valence-corrected chi connectivity index (χ4v) is 2.17. The number of sulfonamides is 1. The predicted molar refractivity (Wildman–Crippen MR) is 54.8 cm³/mol. The Labute approximate surface area is 93.1 Å². The van der Waals surface area contributed by atoms with E-state index in [2.05, 4.69) is 4.84 Å². The molecule has 1 aromatic carbocycles. The van der Waals surface area contributed by atoms with Gasteiger partial charge in [-0.3, -0.25) is 4.84 Å². The van der Waals surface area contributed by atoms with Gasteiger partial charge < -0.3 is 9.47 Å². The van der Waals surface area contributed by atoms with Crippen LogP contribution in [0.25, 0.3) is 0 Å². The molecule has 0 amide bonds. The summed E-state index contributed by atoms with van der Waals surface area (Å²) < 4.78 is 33.7. The van der Waals surface area contributed by atoms with Gasteiger partial charge in [0.2, 0.25) is 0 Å². The first-order valence-corrected chi connectivity index (χ1v) is 6.06.